The van der Waals surface area contributed by atoms with Crippen LogP contribution in [0.25, 0.3) is 10.4 Å². The lowest BCUT2D eigenvalue weighted by atomic mass is 10.1. The molecule has 3 aromatic rings. The van der Waals surface area contributed by atoms with Crippen LogP contribution in [0.3, 0.4) is 0 Å². The van der Waals surface area contributed by atoms with Crippen molar-refractivity contribution in [3.63, 3.8) is 0 Å². The van der Waals surface area contributed by atoms with Crippen molar-refractivity contribution < 1.29 is 24.3 Å². The zero-order valence-corrected chi connectivity index (χ0v) is 20.1. The number of rotatable bonds is 12. The highest BCUT2D eigenvalue weighted by Gasteiger charge is 2.21. The van der Waals surface area contributed by atoms with E-state index in [1.54, 1.807) is 54.3 Å². The van der Waals surface area contributed by atoms with Crippen molar-refractivity contribution in [2.45, 2.75) is 38.6 Å². The number of aromatic nitrogens is 1. The van der Waals surface area contributed by atoms with Gasteiger partial charge in [0.2, 0.25) is 11.8 Å². The number of hydroxylamine groups is 1. The third kappa shape index (κ3) is 6.79. The number of nitrogens with one attached hydrogen (secondary N) is 1. The summed E-state index contributed by atoms with van der Waals surface area (Å²) in [5, 5.41) is 8.60. The quantitative estimate of drug-likeness (QED) is 0.218. The molecule has 0 aliphatic heterocycles. The van der Waals surface area contributed by atoms with Gasteiger partial charge in [-0.1, -0.05) is 12.5 Å². The van der Waals surface area contributed by atoms with Crippen molar-refractivity contribution in [3.8, 4) is 21.9 Å². The molecular weight excluding hydrogens is 454 g/mol. The zero-order valence-electron chi connectivity index (χ0n) is 19.3. The number of thiophene rings is 1. The van der Waals surface area contributed by atoms with Gasteiger partial charge in [0.25, 0.3) is 0 Å². The molecule has 0 spiro atoms. The summed E-state index contributed by atoms with van der Waals surface area (Å²) in [6.45, 7) is 0.402. The first kappa shape index (κ1) is 25.2. The molecule has 0 radical (unpaired) electrons. The predicted octanol–water partition coefficient (Wildman–Crippen LogP) is 4.82. The monoisotopic (exact) mass is 483 g/mol. The maximum atomic E-state index is 13.3. The van der Waals surface area contributed by atoms with Gasteiger partial charge in [-0.15, -0.1) is 11.3 Å². The molecule has 0 unspecified atom stereocenters. The van der Waals surface area contributed by atoms with Crippen LogP contribution in [0.2, 0.25) is 0 Å². The number of hydrogen-bond acceptors (Lipinski definition) is 7. The number of methoxy groups -OCH3 is 2. The van der Waals surface area contributed by atoms with Crippen molar-refractivity contribution >= 4 is 28.8 Å². The second kappa shape index (κ2) is 12.7. The van der Waals surface area contributed by atoms with E-state index in [4.69, 9.17) is 14.7 Å². The van der Waals surface area contributed by atoms with Crippen molar-refractivity contribution in [2.75, 3.05) is 19.1 Å². The molecule has 0 atom stereocenters. The molecular formula is C25H29N3O5S. The Balaban J connectivity index is 1.78. The zero-order chi connectivity index (χ0) is 24.3. The highest BCUT2D eigenvalue weighted by molar-refractivity contribution is 7.15. The van der Waals surface area contributed by atoms with Crippen LogP contribution in [0.4, 0.5) is 5.69 Å². The van der Waals surface area contributed by atoms with Crippen molar-refractivity contribution in [1.29, 1.82) is 0 Å². The second-order valence-electron chi connectivity index (χ2n) is 7.62. The van der Waals surface area contributed by atoms with Crippen LogP contribution >= 0.6 is 11.3 Å². The molecule has 0 bridgehead atoms. The number of ether oxygens (including phenoxy) is 2. The fraction of sp³-hybridized carbons (Fsp3) is 0.320. The summed E-state index contributed by atoms with van der Waals surface area (Å²) >= 11 is 1.62. The first-order valence-corrected chi connectivity index (χ1v) is 11.8. The molecule has 0 aliphatic rings. The van der Waals surface area contributed by atoms with Gasteiger partial charge >= 0.3 is 0 Å². The lowest BCUT2D eigenvalue weighted by Crippen LogP contribution is -2.30. The Morgan fingerprint density at radius 1 is 1.06 bits per heavy atom. The fourth-order valence-electron chi connectivity index (χ4n) is 3.53. The van der Waals surface area contributed by atoms with E-state index in [0.29, 0.717) is 49.4 Å². The van der Waals surface area contributed by atoms with Gasteiger partial charge < -0.3 is 14.4 Å². The Bertz CT molecular complexity index is 1090. The Kier molecular flexibility index (Phi) is 9.42. The average Bonchev–Trinajstić information content (AvgIpc) is 3.35. The van der Waals surface area contributed by atoms with Crippen LogP contribution < -0.4 is 19.9 Å². The third-order valence-electron chi connectivity index (χ3n) is 5.32. The number of hydrogen-bond donors (Lipinski definition) is 2. The largest absolute Gasteiger partial charge is 0.497 e. The highest BCUT2D eigenvalue weighted by atomic mass is 32.1. The van der Waals surface area contributed by atoms with Crippen LogP contribution in [0.1, 0.15) is 37.0 Å². The van der Waals surface area contributed by atoms with Gasteiger partial charge in [-0.2, -0.15) is 0 Å². The molecule has 8 nitrogen and oxygen atoms in total. The second-order valence-corrected chi connectivity index (χ2v) is 8.79. The molecule has 2 heterocycles. The minimum absolute atomic E-state index is 0.0357. The number of anilines is 1. The summed E-state index contributed by atoms with van der Waals surface area (Å²) < 4.78 is 10.9. The number of nitrogens with zero attached hydrogens (tertiary/aromatic N) is 2. The van der Waals surface area contributed by atoms with Gasteiger partial charge in [0, 0.05) is 46.6 Å². The Morgan fingerprint density at radius 3 is 2.59 bits per heavy atom. The number of benzene rings is 1. The fourth-order valence-corrected chi connectivity index (χ4v) is 4.51. The summed E-state index contributed by atoms with van der Waals surface area (Å²) in [6, 6.07) is 13.4. The van der Waals surface area contributed by atoms with Gasteiger partial charge in [0.05, 0.1) is 26.5 Å². The van der Waals surface area contributed by atoms with Crippen molar-refractivity contribution in [2.24, 2.45) is 0 Å². The molecule has 0 saturated heterocycles. The summed E-state index contributed by atoms with van der Waals surface area (Å²) in [4.78, 5) is 32.5. The number of unbranched alkanes of at least 4 members (excludes halogenated alkanes) is 2. The van der Waals surface area contributed by atoms with Gasteiger partial charge in [-0.05, 0) is 43.2 Å². The van der Waals surface area contributed by atoms with Gasteiger partial charge in [0.1, 0.15) is 11.5 Å². The molecule has 2 aromatic heterocycles. The Morgan fingerprint density at radius 2 is 1.88 bits per heavy atom. The number of amides is 2. The van der Waals surface area contributed by atoms with E-state index in [0.717, 1.165) is 15.3 Å². The normalized spacial score (nSPS) is 10.6. The SMILES string of the molecule is COc1ccc(N(Cc2ccc(-c3cccnc3)s2)C(=O)CCCCCC(=O)NO)c(OC)c1. The Labute approximate surface area is 203 Å². The van der Waals surface area contributed by atoms with Gasteiger partial charge in [-0.25, -0.2) is 5.48 Å². The number of carbonyl (C=O) groups is 2. The molecule has 9 heteroatoms. The van der Waals surface area contributed by atoms with Gasteiger partial charge in [-0.3, -0.25) is 19.8 Å². The van der Waals surface area contributed by atoms with Crippen LogP contribution in [0, 0.1) is 0 Å². The van der Waals surface area contributed by atoms with Crippen LogP contribution in [0.5, 0.6) is 11.5 Å². The molecule has 0 aliphatic carbocycles. The van der Waals surface area contributed by atoms with E-state index in [9.17, 15) is 9.59 Å². The average molecular weight is 484 g/mol. The number of carbonyl (C=O) groups excluding carboxylic acids is 2. The van der Waals surface area contributed by atoms with Crippen molar-refractivity contribution in [1.82, 2.24) is 10.5 Å². The van der Waals surface area contributed by atoms with E-state index in [1.807, 2.05) is 36.5 Å². The minimum Gasteiger partial charge on any atom is -0.497 e. The van der Waals surface area contributed by atoms with Crippen LogP contribution in [-0.2, 0) is 16.1 Å². The molecule has 3 rings (SSSR count). The Hall–Kier alpha value is -3.43. The van der Waals surface area contributed by atoms with Crippen LogP contribution in [-0.4, -0.2) is 36.2 Å². The van der Waals surface area contributed by atoms with E-state index in [-0.39, 0.29) is 12.3 Å². The molecule has 0 saturated carbocycles. The highest BCUT2D eigenvalue weighted by Crippen LogP contribution is 2.35. The smallest absolute Gasteiger partial charge is 0.243 e. The maximum Gasteiger partial charge on any atom is 0.243 e. The first-order valence-electron chi connectivity index (χ1n) is 11.0. The van der Waals surface area contributed by atoms with E-state index in [2.05, 4.69) is 4.98 Å². The topological polar surface area (TPSA) is 101 Å². The molecule has 0 fully saturated rings. The predicted molar refractivity (Wildman–Crippen MR) is 131 cm³/mol. The standard InChI is InChI=1S/C25H29N3O5S/c1-32-19-10-12-21(22(15-19)33-2)28(25(30)9-5-3-4-8-24(29)27-31)17-20-11-13-23(34-20)18-7-6-14-26-16-18/h6-7,10-16,31H,3-5,8-9,17H2,1-2H3,(H,27,29). The molecule has 34 heavy (non-hydrogen) atoms. The molecule has 2 amide bonds. The van der Waals surface area contributed by atoms with E-state index < -0.39 is 5.91 Å². The molecule has 1 aromatic carbocycles. The minimum atomic E-state index is -0.418. The van der Waals surface area contributed by atoms with E-state index in [1.165, 1.54) is 0 Å². The van der Waals surface area contributed by atoms with Crippen LogP contribution in [0.15, 0.2) is 54.9 Å². The summed E-state index contributed by atoms with van der Waals surface area (Å²) in [5.74, 6) is 0.742. The molecule has 180 valence electrons. The molecule has 2 N–H and O–H groups in total. The lowest BCUT2D eigenvalue weighted by molar-refractivity contribution is -0.129. The third-order valence-corrected chi connectivity index (χ3v) is 6.44. The lowest BCUT2D eigenvalue weighted by Gasteiger charge is -2.25. The van der Waals surface area contributed by atoms with Crippen molar-refractivity contribution in [3.05, 3.63) is 59.7 Å². The maximum absolute atomic E-state index is 13.3. The van der Waals surface area contributed by atoms with Gasteiger partial charge in [0.15, 0.2) is 0 Å². The summed E-state index contributed by atoms with van der Waals surface area (Å²) in [6.07, 6.45) is 6.07. The summed E-state index contributed by atoms with van der Waals surface area (Å²) in [5.41, 5.74) is 3.33. The summed E-state index contributed by atoms with van der Waals surface area (Å²) in [7, 11) is 3.15. The number of pyridine rings is 1. The first-order chi connectivity index (χ1) is 16.5. The van der Waals surface area contributed by atoms with E-state index >= 15 is 0 Å².